The Morgan fingerprint density at radius 2 is 2.25 bits per heavy atom. The zero-order valence-corrected chi connectivity index (χ0v) is 7.68. The average molecular weight is 167 g/mol. The van der Waals surface area contributed by atoms with Crippen molar-refractivity contribution in [2.45, 2.75) is 51.2 Å². The average Bonchev–Trinajstić information content (AvgIpc) is 2.59. The van der Waals surface area contributed by atoms with Crippen molar-refractivity contribution in [3.8, 4) is 12.3 Å². The highest BCUT2D eigenvalue weighted by molar-refractivity contribution is 4.96. The van der Waals surface area contributed by atoms with Crippen molar-refractivity contribution in [1.82, 2.24) is 5.48 Å². The summed E-state index contributed by atoms with van der Waals surface area (Å²) in [6.45, 7) is 2.05. The maximum Gasteiger partial charge on any atom is 0.0923 e. The third-order valence-electron chi connectivity index (χ3n) is 2.29. The van der Waals surface area contributed by atoms with Crippen LogP contribution in [-0.2, 0) is 4.84 Å². The van der Waals surface area contributed by atoms with Crippen LogP contribution < -0.4 is 5.48 Å². The van der Waals surface area contributed by atoms with Gasteiger partial charge in [-0.1, -0.05) is 25.7 Å². The van der Waals surface area contributed by atoms with E-state index in [1.165, 1.54) is 25.7 Å². The molecule has 1 aliphatic rings. The van der Waals surface area contributed by atoms with Crippen LogP contribution in [-0.4, -0.2) is 12.1 Å². The molecule has 1 atom stereocenters. The van der Waals surface area contributed by atoms with Gasteiger partial charge in [-0.05, 0) is 19.3 Å². The van der Waals surface area contributed by atoms with Gasteiger partial charge >= 0.3 is 0 Å². The van der Waals surface area contributed by atoms with Crippen LogP contribution in [0.4, 0.5) is 0 Å². The molecule has 0 radical (unpaired) electrons. The van der Waals surface area contributed by atoms with Gasteiger partial charge in [0.1, 0.15) is 0 Å². The highest BCUT2D eigenvalue weighted by Gasteiger charge is 2.16. The molecule has 0 bridgehead atoms. The Hall–Kier alpha value is -0.520. The Labute approximate surface area is 74.6 Å². The molecule has 1 saturated carbocycles. The smallest absolute Gasteiger partial charge is 0.0923 e. The number of hydrogen-bond donors (Lipinski definition) is 1. The van der Waals surface area contributed by atoms with E-state index in [2.05, 4.69) is 18.3 Å². The molecule has 0 saturated heterocycles. The lowest BCUT2D eigenvalue weighted by atomic mass is 10.2. The first kappa shape index (κ1) is 9.57. The predicted molar refractivity (Wildman–Crippen MR) is 49.4 cm³/mol. The Kier molecular flexibility index (Phi) is 4.13. The van der Waals surface area contributed by atoms with Crippen molar-refractivity contribution in [2.75, 3.05) is 0 Å². The minimum absolute atomic E-state index is 0.0746. The van der Waals surface area contributed by atoms with Crippen LogP contribution in [0.2, 0.25) is 0 Å². The molecule has 1 rings (SSSR count). The van der Waals surface area contributed by atoms with Crippen LogP contribution in [0.15, 0.2) is 0 Å². The van der Waals surface area contributed by atoms with Crippen molar-refractivity contribution >= 4 is 0 Å². The van der Waals surface area contributed by atoms with Gasteiger partial charge in [-0.2, -0.15) is 5.48 Å². The monoisotopic (exact) mass is 167 g/mol. The lowest BCUT2D eigenvalue weighted by Gasteiger charge is -2.15. The fourth-order valence-corrected chi connectivity index (χ4v) is 1.42. The molecule has 2 heteroatoms. The third-order valence-corrected chi connectivity index (χ3v) is 2.29. The first-order chi connectivity index (χ1) is 5.86. The van der Waals surface area contributed by atoms with Crippen molar-refractivity contribution in [3.63, 3.8) is 0 Å². The van der Waals surface area contributed by atoms with Gasteiger partial charge in [-0.25, -0.2) is 0 Å². The first-order valence-electron chi connectivity index (χ1n) is 4.74. The number of hydrogen-bond acceptors (Lipinski definition) is 2. The Morgan fingerprint density at radius 3 is 2.75 bits per heavy atom. The van der Waals surface area contributed by atoms with Crippen LogP contribution in [0.3, 0.4) is 0 Å². The third kappa shape index (κ3) is 2.84. The second-order valence-corrected chi connectivity index (χ2v) is 3.27. The van der Waals surface area contributed by atoms with Crippen LogP contribution >= 0.6 is 0 Å². The summed E-state index contributed by atoms with van der Waals surface area (Å²) in [6.07, 6.45) is 11.5. The summed E-state index contributed by atoms with van der Waals surface area (Å²) in [7, 11) is 0. The molecule has 1 N–H and O–H groups in total. The largest absolute Gasteiger partial charge is 0.297 e. The second kappa shape index (κ2) is 5.18. The Balaban J connectivity index is 2.11. The molecule has 0 aromatic carbocycles. The van der Waals surface area contributed by atoms with Crippen LogP contribution in [0.1, 0.15) is 39.0 Å². The SMILES string of the molecule is C#CC(CC)NOC1CCCC1. The topological polar surface area (TPSA) is 21.3 Å². The van der Waals surface area contributed by atoms with Crippen LogP contribution in [0.25, 0.3) is 0 Å². The van der Waals surface area contributed by atoms with Gasteiger partial charge in [0.05, 0.1) is 12.1 Å². The van der Waals surface area contributed by atoms with Gasteiger partial charge in [0.15, 0.2) is 0 Å². The summed E-state index contributed by atoms with van der Waals surface area (Å²) in [6, 6.07) is 0.0746. The van der Waals surface area contributed by atoms with Crippen LogP contribution in [0, 0.1) is 12.3 Å². The lowest BCUT2D eigenvalue weighted by Crippen LogP contribution is -2.30. The highest BCUT2D eigenvalue weighted by Crippen LogP contribution is 2.19. The van der Waals surface area contributed by atoms with Crippen molar-refractivity contribution in [3.05, 3.63) is 0 Å². The molecule has 0 spiro atoms. The van der Waals surface area contributed by atoms with Gasteiger partial charge < -0.3 is 0 Å². The Morgan fingerprint density at radius 1 is 1.58 bits per heavy atom. The molecule has 68 valence electrons. The summed E-state index contributed by atoms with van der Waals surface area (Å²) < 4.78 is 0. The van der Waals surface area contributed by atoms with E-state index in [-0.39, 0.29) is 6.04 Å². The molecule has 1 unspecified atom stereocenters. The maximum absolute atomic E-state index is 5.45. The zero-order valence-electron chi connectivity index (χ0n) is 7.68. The number of rotatable bonds is 4. The summed E-state index contributed by atoms with van der Waals surface area (Å²) in [5.41, 5.74) is 2.92. The van der Waals surface area contributed by atoms with E-state index < -0.39 is 0 Å². The van der Waals surface area contributed by atoms with E-state index >= 15 is 0 Å². The van der Waals surface area contributed by atoms with E-state index in [1.54, 1.807) is 0 Å². The Bertz CT molecular complexity index is 156. The summed E-state index contributed by atoms with van der Waals surface area (Å²) in [4.78, 5) is 5.45. The first-order valence-corrected chi connectivity index (χ1v) is 4.74. The fraction of sp³-hybridized carbons (Fsp3) is 0.800. The summed E-state index contributed by atoms with van der Waals surface area (Å²) in [5.74, 6) is 2.64. The summed E-state index contributed by atoms with van der Waals surface area (Å²) >= 11 is 0. The molecule has 12 heavy (non-hydrogen) atoms. The van der Waals surface area contributed by atoms with Gasteiger partial charge in [-0.3, -0.25) is 4.84 Å². The van der Waals surface area contributed by atoms with Gasteiger partial charge in [-0.15, -0.1) is 6.42 Å². The fourth-order valence-electron chi connectivity index (χ4n) is 1.42. The molecule has 0 aromatic heterocycles. The van der Waals surface area contributed by atoms with Gasteiger partial charge in [0.25, 0.3) is 0 Å². The number of nitrogens with one attached hydrogen (secondary N) is 1. The molecule has 0 aliphatic heterocycles. The van der Waals surface area contributed by atoms with E-state index in [4.69, 9.17) is 11.3 Å². The van der Waals surface area contributed by atoms with E-state index in [1.807, 2.05) is 0 Å². The van der Waals surface area contributed by atoms with Gasteiger partial charge in [0.2, 0.25) is 0 Å². The molecular formula is C10H17NO. The van der Waals surface area contributed by atoms with Crippen molar-refractivity contribution in [1.29, 1.82) is 0 Å². The van der Waals surface area contributed by atoms with Crippen molar-refractivity contribution < 1.29 is 4.84 Å². The van der Waals surface area contributed by atoms with Crippen molar-refractivity contribution in [2.24, 2.45) is 0 Å². The molecule has 0 heterocycles. The standard InChI is InChI=1S/C10H17NO/c1-3-9(4-2)11-12-10-7-5-6-8-10/h1,9-11H,4-8H2,2H3. The van der Waals surface area contributed by atoms with E-state index in [0.29, 0.717) is 6.10 Å². The zero-order chi connectivity index (χ0) is 8.81. The van der Waals surface area contributed by atoms with E-state index in [0.717, 1.165) is 6.42 Å². The molecule has 0 amide bonds. The van der Waals surface area contributed by atoms with Gasteiger partial charge in [0, 0.05) is 0 Å². The molecule has 1 fully saturated rings. The second-order valence-electron chi connectivity index (χ2n) is 3.27. The minimum atomic E-state index is 0.0746. The quantitative estimate of drug-likeness (QED) is 0.509. The minimum Gasteiger partial charge on any atom is -0.297 e. The molecule has 2 nitrogen and oxygen atoms in total. The summed E-state index contributed by atoms with van der Waals surface area (Å²) in [5, 5.41) is 0. The normalized spacial score (nSPS) is 20.7. The molecule has 0 aromatic rings. The highest BCUT2D eigenvalue weighted by atomic mass is 16.7. The van der Waals surface area contributed by atoms with E-state index in [9.17, 15) is 0 Å². The lowest BCUT2D eigenvalue weighted by molar-refractivity contribution is -0.0311. The molecular weight excluding hydrogens is 150 g/mol. The predicted octanol–water partition coefficient (Wildman–Crippen LogP) is 1.86. The van der Waals surface area contributed by atoms with Crippen LogP contribution in [0.5, 0.6) is 0 Å². The number of terminal acetylenes is 1. The maximum atomic E-state index is 5.45. The molecule has 1 aliphatic carbocycles. The number of hydroxylamine groups is 1.